The molecule has 0 aromatic heterocycles. The Kier molecular flexibility index (Phi) is 9.43. The molecule has 0 saturated carbocycles. The molecule has 0 amide bonds. The molecule has 2 rings (SSSR count). The number of aryl methyl sites for hydroxylation is 1. The minimum atomic E-state index is -2.87. The maximum atomic E-state index is 11.5. The Bertz CT molecular complexity index is 633. The summed E-state index contributed by atoms with van der Waals surface area (Å²) >= 11 is 1.77. The maximum Gasteiger partial charge on any atom is 0.191 e. The topological polar surface area (TPSA) is 70.6 Å². The number of aliphatic imine (C=N–C) groups is 1. The van der Waals surface area contributed by atoms with E-state index in [0.717, 1.165) is 12.3 Å². The molecule has 1 atom stereocenters. The predicted octanol–water partition coefficient (Wildman–Crippen LogP) is 2.45. The largest absolute Gasteiger partial charge is 0.357 e. The van der Waals surface area contributed by atoms with Gasteiger partial charge < -0.3 is 10.6 Å². The van der Waals surface area contributed by atoms with Crippen molar-refractivity contribution in [1.29, 1.82) is 0 Å². The van der Waals surface area contributed by atoms with Gasteiger partial charge in [-0.15, -0.1) is 35.7 Å². The number of guanidine groups is 1. The van der Waals surface area contributed by atoms with Crippen LogP contribution in [0.4, 0.5) is 0 Å². The first kappa shape index (κ1) is 21.6. The Morgan fingerprint density at radius 3 is 2.62 bits per heavy atom. The summed E-state index contributed by atoms with van der Waals surface area (Å²) in [5.74, 6) is 2.07. The molecule has 5 nitrogen and oxygen atoms in total. The molecule has 1 heterocycles. The van der Waals surface area contributed by atoms with Crippen LogP contribution >= 0.6 is 35.7 Å². The molecule has 1 fully saturated rings. The van der Waals surface area contributed by atoms with E-state index < -0.39 is 9.84 Å². The summed E-state index contributed by atoms with van der Waals surface area (Å²) in [6.45, 7) is 5.53. The fourth-order valence-electron chi connectivity index (χ4n) is 2.38. The summed E-state index contributed by atoms with van der Waals surface area (Å²) in [6, 6.07) is 8.44. The van der Waals surface area contributed by atoms with E-state index in [9.17, 15) is 8.42 Å². The molecule has 1 aliphatic heterocycles. The highest BCUT2D eigenvalue weighted by atomic mass is 127. The van der Waals surface area contributed by atoms with Crippen LogP contribution in [0.15, 0.2) is 34.2 Å². The van der Waals surface area contributed by atoms with E-state index >= 15 is 0 Å². The quantitative estimate of drug-likeness (QED) is 0.214. The second-order valence-electron chi connectivity index (χ2n) is 5.67. The lowest BCUT2D eigenvalue weighted by Crippen LogP contribution is -2.44. The van der Waals surface area contributed by atoms with Crippen molar-refractivity contribution in [3.05, 3.63) is 29.8 Å². The SMILES string of the molecule is CCNC(=NCCSc1ccc(C)cc1)NC1CCS(=O)(=O)C1.I. The number of nitrogens with zero attached hydrogens (tertiary/aromatic N) is 1. The molecular formula is C16H26IN3O2S2. The molecule has 1 aromatic rings. The first-order chi connectivity index (χ1) is 11.0. The zero-order valence-electron chi connectivity index (χ0n) is 14.1. The van der Waals surface area contributed by atoms with Gasteiger partial charge in [0, 0.05) is 23.2 Å². The van der Waals surface area contributed by atoms with Crippen LogP contribution in [0.1, 0.15) is 18.9 Å². The Hall–Kier alpha value is -0.480. The van der Waals surface area contributed by atoms with Gasteiger partial charge in [0.05, 0.1) is 18.1 Å². The van der Waals surface area contributed by atoms with Crippen molar-refractivity contribution in [1.82, 2.24) is 10.6 Å². The molecule has 1 saturated heterocycles. The van der Waals surface area contributed by atoms with Gasteiger partial charge >= 0.3 is 0 Å². The number of hydrogen-bond donors (Lipinski definition) is 2. The van der Waals surface area contributed by atoms with Crippen molar-refractivity contribution < 1.29 is 8.42 Å². The van der Waals surface area contributed by atoms with Crippen molar-refractivity contribution in [2.45, 2.75) is 31.2 Å². The van der Waals surface area contributed by atoms with E-state index in [2.05, 4.69) is 46.8 Å². The van der Waals surface area contributed by atoms with E-state index in [4.69, 9.17) is 0 Å². The van der Waals surface area contributed by atoms with Crippen molar-refractivity contribution in [3.8, 4) is 0 Å². The first-order valence-electron chi connectivity index (χ1n) is 7.93. The number of sulfone groups is 1. The lowest BCUT2D eigenvalue weighted by atomic mass is 10.2. The predicted molar refractivity (Wildman–Crippen MR) is 113 cm³/mol. The standard InChI is InChI=1S/C16H25N3O2S2.HI/c1-3-17-16(19-14-8-11-23(20,21)12-14)18-9-10-22-15-6-4-13(2)5-7-15;/h4-7,14H,3,8-12H2,1-2H3,(H2,17,18,19);1H. The Morgan fingerprint density at radius 1 is 1.33 bits per heavy atom. The van der Waals surface area contributed by atoms with Gasteiger partial charge in [-0.05, 0) is 32.4 Å². The molecule has 0 aliphatic carbocycles. The molecule has 2 N–H and O–H groups in total. The first-order valence-corrected chi connectivity index (χ1v) is 10.7. The van der Waals surface area contributed by atoms with Gasteiger partial charge in [-0.25, -0.2) is 8.42 Å². The number of hydrogen-bond acceptors (Lipinski definition) is 4. The van der Waals surface area contributed by atoms with E-state index in [0.29, 0.717) is 18.9 Å². The lowest BCUT2D eigenvalue weighted by molar-refractivity contribution is 0.599. The molecular weight excluding hydrogens is 457 g/mol. The highest BCUT2D eigenvalue weighted by Gasteiger charge is 2.28. The third-order valence-electron chi connectivity index (χ3n) is 3.57. The molecule has 8 heteroatoms. The third kappa shape index (κ3) is 7.60. The van der Waals surface area contributed by atoms with Crippen LogP contribution in [0, 0.1) is 6.92 Å². The summed E-state index contributed by atoms with van der Waals surface area (Å²) in [6.07, 6.45) is 0.658. The van der Waals surface area contributed by atoms with E-state index in [1.807, 2.05) is 6.92 Å². The highest BCUT2D eigenvalue weighted by Crippen LogP contribution is 2.17. The molecule has 0 spiro atoms. The van der Waals surface area contributed by atoms with Crippen LogP contribution in [0.3, 0.4) is 0 Å². The minimum absolute atomic E-state index is 0. The zero-order chi connectivity index (χ0) is 16.7. The normalized spacial score (nSPS) is 19.6. The van der Waals surface area contributed by atoms with Gasteiger partial charge in [0.2, 0.25) is 0 Å². The third-order valence-corrected chi connectivity index (χ3v) is 6.33. The molecule has 1 unspecified atom stereocenters. The number of benzene rings is 1. The van der Waals surface area contributed by atoms with E-state index in [1.54, 1.807) is 11.8 Å². The van der Waals surface area contributed by atoms with Crippen molar-refractivity contribution >= 4 is 51.5 Å². The second kappa shape index (κ2) is 10.5. The smallest absolute Gasteiger partial charge is 0.191 e. The number of nitrogens with one attached hydrogen (secondary N) is 2. The van der Waals surface area contributed by atoms with E-state index in [-0.39, 0.29) is 41.5 Å². The van der Waals surface area contributed by atoms with Crippen molar-refractivity contribution in [3.63, 3.8) is 0 Å². The molecule has 1 aliphatic rings. The maximum absolute atomic E-state index is 11.5. The number of halogens is 1. The van der Waals surface area contributed by atoms with Gasteiger partial charge in [0.1, 0.15) is 0 Å². The van der Waals surface area contributed by atoms with Crippen molar-refractivity contribution in [2.24, 2.45) is 4.99 Å². The minimum Gasteiger partial charge on any atom is -0.357 e. The zero-order valence-corrected chi connectivity index (χ0v) is 18.1. The summed E-state index contributed by atoms with van der Waals surface area (Å²) in [4.78, 5) is 5.78. The lowest BCUT2D eigenvalue weighted by Gasteiger charge is -2.15. The molecule has 0 bridgehead atoms. The molecule has 1 aromatic carbocycles. The van der Waals surface area contributed by atoms with Crippen LogP contribution in [0.2, 0.25) is 0 Å². The van der Waals surface area contributed by atoms with Gasteiger partial charge in [-0.1, -0.05) is 17.7 Å². The van der Waals surface area contributed by atoms with Gasteiger partial charge in [0.25, 0.3) is 0 Å². The average molecular weight is 483 g/mol. The fraction of sp³-hybridized carbons (Fsp3) is 0.562. The fourth-order valence-corrected chi connectivity index (χ4v) is 4.80. The highest BCUT2D eigenvalue weighted by molar-refractivity contribution is 14.0. The summed E-state index contributed by atoms with van der Waals surface area (Å²) in [7, 11) is -2.87. The summed E-state index contributed by atoms with van der Waals surface area (Å²) < 4.78 is 23.0. The summed E-state index contributed by atoms with van der Waals surface area (Å²) in [5, 5.41) is 6.41. The van der Waals surface area contributed by atoms with Crippen LogP contribution in [-0.2, 0) is 9.84 Å². The second-order valence-corrected chi connectivity index (χ2v) is 9.06. The van der Waals surface area contributed by atoms with Crippen LogP contribution in [-0.4, -0.2) is 50.8 Å². The van der Waals surface area contributed by atoms with Crippen LogP contribution in [0.25, 0.3) is 0 Å². The average Bonchev–Trinajstić information content (AvgIpc) is 2.84. The Morgan fingerprint density at radius 2 is 2.04 bits per heavy atom. The van der Waals surface area contributed by atoms with Crippen LogP contribution in [0.5, 0.6) is 0 Å². The molecule has 0 radical (unpaired) electrons. The van der Waals surface area contributed by atoms with Gasteiger partial charge in [0.15, 0.2) is 15.8 Å². The molecule has 136 valence electrons. The number of thioether (sulfide) groups is 1. The monoisotopic (exact) mass is 483 g/mol. The Balaban J connectivity index is 0.00000288. The number of rotatable bonds is 6. The molecule has 24 heavy (non-hydrogen) atoms. The summed E-state index contributed by atoms with van der Waals surface area (Å²) in [5.41, 5.74) is 1.26. The van der Waals surface area contributed by atoms with E-state index in [1.165, 1.54) is 10.5 Å². The van der Waals surface area contributed by atoms with Gasteiger partial charge in [-0.2, -0.15) is 0 Å². The Labute approximate surface area is 166 Å². The van der Waals surface area contributed by atoms with Crippen molar-refractivity contribution in [2.75, 3.05) is 30.3 Å². The van der Waals surface area contributed by atoms with Gasteiger partial charge in [-0.3, -0.25) is 4.99 Å². The van der Waals surface area contributed by atoms with Crippen LogP contribution < -0.4 is 10.6 Å².